The molecule has 6 nitrogen and oxygen atoms in total. The molecule has 0 amide bonds. The molecule has 7 heteroatoms. The second-order valence-electron chi connectivity index (χ2n) is 5.57. The van der Waals surface area contributed by atoms with Gasteiger partial charge >= 0.3 is 5.97 Å². The zero-order valence-corrected chi connectivity index (χ0v) is 13.6. The Labute approximate surface area is 134 Å². The van der Waals surface area contributed by atoms with E-state index in [1.165, 1.54) is 18.3 Å². The zero-order chi connectivity index (χ0) is 17.0. The molecule has 0 aliphatic carbocycles. The summed E-state index contributed by atoms with van der Waals surface area (Å²) in [6, 6.07) is 2.75. The van der Waals surface area contributed by atoms with Gasteiger partial charge in [0.1, 0.15) is 22.6 Å². The van der Waals surface area contributed by atoms with E-state index in [9.17, 15) is 9.18 Å². The van der Waals surface area contributed by atoms with Gasteiger partial charge in [-0.25, -0.2) is 9.18 Å². The van der Waals surface area contributed by atoms with Crippen LogP contribution in [0, 0.1) is 5.82 Å². The minimum atomic E-state index is -0.587. The van der Waals surface area contributed by atoms with Crippen molar-refractivity contribution in [3.05, 3.63) is 35.4 Å². The Bertz CT molecular complexity index is 683. The lowest BCUT2D eigenvalue weighted by Gasteiger charge is -2.11. The van der Waals surface area contributed by atoms with Crippen molar-refractivity contribution >= 4 is 5.97 Å². The van der Waals surface area contributed by atoms with Gasteiger partial charge in [0.2, 0.25) is 0 Å². The number of aromatic amines is 1. The molecule has 0 aliphatic rings. The predicted molar refractivity (Wildman–Crippen MR) is 82.3 cm³/mol. The molecule has 2 aromatic rings. The number of ether oxygens (including phenoxy) is 2. The van der Waals surface area contributed by atoms with Gasteiger partial charge in [-0.15, -0.1) is 0 Å². The molecule has 1 N–H and O–H groups in total. The third kappa shape index (κ3) is 4.13. The van der Waals surface area contributed by atoms with Gasteiger partial charge in [-0.1, -0.05) is 0 Å². The SMILES string of the molecule is CC(C)OCc1n[nH]c(-c2ncccc2F)c1C(=O)OC(C)C. The summed E-state index contributed by atoms with van der Waals surface area (Å²) >= 11 is 0. The number of halogens is 1. The highest BCUT2D eigenvalue weighted by molar-refractivity contribution is 5.97. The Hall–Kier alpha value is -2.28. The number of pyridine rings is 1. The smallest absolute Gasteiger partial charge is 0.342 e. The standard InChI is InChI=1S/C16H20FN3O3/c1-9(2)22-8-12-13(16(21)23-10(3)4)15(20-19-12)14-11(17)6-5-7-18-14/h5-7,9-10H,8H2,1-4H3,(H,19,20). The molecule has 0 aliphatic heterocycles. The first kappa shape index (κ1) is 17.1. The summed E-state index contributed by atoms with van der Waals surface area (Å²) in [6.45, 7) is 7.34. The molecule has 124 valence electrons. The van der Waals surface area contributed by atoms with E-state index in [0.717, 1.165) is 0 Å². The van der Waals surface area contributed by atoms with Crippen LogP contribution in [-0.2, 0) is 16.1 Å². The van der Waals surface area contributed by atoms with Gasteiger partial charge in [0.25, 0.3) is 0 Å². The first-order valence-corrected chi connectivity index (χ1v) is 7.40. The maximum absolute atomic E-state index is 14.0. The number of aromatic nitrogens is 3. The van der Waals surface area contributed by atoms with Crippen LogP contribution in [0.15, 0.2) is 18.3 Å². The Morgan fingerprint density at radius 1 is 1.30 bits per heavy atom. The van der Waals surface area contributed by atoms with Crippen molar-refractivity contribution in [3.63, 3.8) is 0 Å². The maximum atomic E-state index is 14.0. The second-order valence-corrected chi connectivity index (χ2v) is 5.57. The molecule has 0 aromatic carbocycles. The van der Waals surface area contributed by atoms with E-state index in [0.29, 0.717) is 5.69 Å². The summed E-state index contributed by atoms with van der Waals surface area (Å²) in [4.78, 5) is 16.4. The normalized spacial score (nSPS) is 11.3. The fraction of sp³-hybridized carbons (Fsp3) is 0.438. The van der Waals surface area contributed by atoms with Crippen LogP contribution in [0.4, 0.5) is 4.39 Å². The maximum Gasteiger partial charge on any atom is 0.342 e. The molecule has 2 aromatic heterocycles. The van der Waals surface area contributed by atoms with Crippen LogP contribution >= 0.6 is 0 Å². The summed E-state index contributed by atoms with van der Waals surface area (Å²) in [5, 5.41) is 6.75. The molecular weight excluding hydrogens is 301 g/mol. The Morgan fingerprint density at radius 3 is 2.65 bits per heavy atom. The number of H-pyrrole nitrogens is 1. The largest absolute Gasteiger partial charge is 0.459 e. The van der Waals surface area contributed by atoms with Crippen molar-refractivity contribution < 1.29 is 18.7 Å². The Balaban J connectivity index is 2.46. The van der Waals surface area contributed by atoms with Crippen LogP contribution in [-0.4, -0.2) is 33.4 Å². The van der Waals surface area contributed by atoms with Crippen LogP contribution in [0.5, 0.6) is 0 Å². The van der Waals surface area contributed by atoms with Crippen molar-refractivity contribution in [2.75, 3.05) is 0 Å². The van der Waals surface area contributed by atoms with Gasteiger partial charge < -0.3 is 9.47 Å². The van der Waals surface area contributed by atoms with E-state index in [1.54, 1.807) is 13.8 Å². The molecule has 0 saturated heterocycles. The van der Waals surface area contributed by atoms with Gasteiger partial charge in [-0.3, -0.25) is 10.1 Å². The number of rotatable bonds is 6. The molecule has 23 heavy (non-hydrogen) atoms. The van der Waals surface area contributed by atoms with Crippen molar-refractivity contribution in [1.29, 1.82) is 0 Å². The molecule has 0 unspecified atom stereocenters. The Morgan fingerprint density at radius 2 is 2.04 bits per heavy atom. The average Bonchev–Trinajstić information content (AvgIpc) is 2.88. The first-order valence-electron chi connectivity index (χ1n) is 7.40. The third-order valence-corrected chi connectivity index (χ3v) is 2.94. The van der Waals surface area contributed by atoms with Crippen LogP contribution in [0.1, 0.15) is 43.7 Å². The minimum absolute atomic E-state index is 0.0199. The number of hydrogen-bond donors (Lipinski definition) is 1. The van der Waals surface area contributed by atoms with E-state index >= 15 is 0 Å². The lowest BCUT2D eigenvalue weighted by molar-refractivity contribution is 0.0360. The number of esters is 1. The topological polar surface area (TPSA) is 77.1 Å². The van der Waals surface area contributed by atoms with Gasteiger partial charge in [-0.2, -0.15) is 5.10 Å². The lowest BCUT2D eigenvalue weighted by Crippen LogP contribution is -2.15. The lowest BCUT2D eigenvalue weighted by atomic mass is 10.1. The molecule has 2 rings (SSSR count). The zero-order valence-electron chi connectivity index (χ0n) is 13.6. The summed E-state index contributed by atoms with van der Waals surface area (Å²) in [5.74, 6) is -1.14. The van der Waals surface area contributed by atoms with E-state index in [4.69, 9.17) is 9.47 Å². The Kier molecular flexibility index (Phi) is 5.44. The van der Waals surface area contributed by atoms with E-state index in [-0.39, 0.29) is 35.8 Å². The molecular formula is C16H20FN3O3. The van der Waals surface area contributed by atoms with Crippen LogP contribution in [0.3, 0.4) is 0 Å². The highest BCUT2D eigenvalue weighted by atomic mass is 19.1. The van der Waals surface area contributed by atoms with Crippen molar-refractivity contribution in [3.8, 4) is 11.4 Å². The fourth-order valence-corrected chi connectivity index (χ4v) is 1.96. The highest BCUT2D eigenvalue weighted by Gasteiger charge is 2.26. The van der Waals surface area contributed by atoms with Crippen LogP contribution in [0.2, 0.25) is 0 Å². The molecule has 0 fully saturated rings. The molecule has 0 saturated carbocycles. The third-order valence-electron chi connectivity index (χ3n) is 2.94. The minimum Gasteiger partial charge on any atom is -0.459 e. The summed E-state index contributed by atoms with van der Waals surface area (Å²) < 4.78 is 24.7. The van der Waals surface area contributed by atoms with Gasteiger partial charge in [-0.05, 0) is 39.8 Å². The summed E-state index contributed by atoms with van der Waals surface area (Å²) in [7, 11) is 0. The predicted octanol–water partition coefficient (Wildman–Crippen LogP) is 3.10. The van der Waals surface area contributed by atoms with Crippen molar-refractivity contribution in [2.45, 2.75) is 46.5 Å². The monoisotopic (exact) mass is 321 g/mol. The van der Waals surface area contributed by atoms with E-state index < -0.39 is 11.8 Å². The quantitative estimate of drug-likeness (QED) is 0.827. The number of nitrogens with zero attached hydrogens (tertiary/aromatic N) is 2. The molecule has 0 bridgehead atoms. The molecule has 0 atom stereocenters. The van der Waals surface area contributed by atoms with E-state index in [1.807, 2.05) is 13.8 Å². The number of nitrogens with one attached hydrogen (secondary N) is 1. The van der Waals surface area contributed by atoms with Gasteiger partial charge in [0, 0.05) is 6.20 Å². The van der Waals surface area contributed by atoms with Crippen molar-refractivity contribution in [1.82, 2.24) is 15.2 Å². The highest BCUT2D eigenvalue weighted by Crippen LogP contribution is 2.26. The number of hydrogen-bond acceptors (Lipinski definition) is 5. The van der Waals surface area contributed by atoms with Crippen molar-refractivity contribution in [2.24, 2.45) is 0 Å². The summed E-state index contributed by atoms with van der Waals surface area (Å²) in [5.41, 5.74) is 0.726. The van der Waals surface area contributed by atoms with Gasteiger partial charge in [0.15, 0.2) is 5.82 Å². The number of carbonyl (C=O) groups excluding carboxylic acids is 1. The van der Waals surface area contributed by atoms with Crippen LogP contribution in [0.25, 0.3) is 11.4 Å². The first-order chi connectivity index (χ1) is 10.9. The van der Waals surface area contributed by atoms with Crippen LogP contribution < -0.4 is 0 Å². The average molecular weight is 321 g/mol. The molecule has 0 radical (unpaired) electrons. The fourth-order valence-electron chi connectivity index (χ4n) is 1.96. The summed E-state index contributed by atoms with van der Waals surface area (Å²) in [6.07, 6.45) is 1.11. The van der Waals surface area contributed by atoms with Gasteiger partial charge in [0.05, 0.1) is 18.8 Å². The molecule has 0 spiro atoms. The second kappa shape index (κ2) is 7.32. The van der Waals surface area contributed by atoms with E-state index in [2.05, 4.69) is 15.2 Å². The molecule has 2 heterocycles. The number of carbonyl (C=O) groups is 1.